The third kappa shape index (κ3) is 4.04. The van der Waals surface area contributed by atoms with Crippen molar-refractivity contribution in [2.75, 3.05) is 25.5 Å². The molecule has 6 heterocycles. The summed E-state index contributed by atoms with van der Waals surface area (Å²) in [6, 6.07) is 7.94. The zero-order chi connectivity index (χ0) is 25.7. The van der Waals surface area contributed by atoms with Crippen molar-refractivity contribution in [3.05, 3.63) is 59.4 Å². The molecule has 0 aromatic carbocycles. The van der Waals surface area contributed by atoms with Gasteiger partial charge in [-0.3, -0.25) is 4.79 Å². The van der Waals surface area contributed by atoms with Crippen LogP contribution in [0.25, 0.3) is 17.0 Å². The van der Waals surface area contributed by atoms with Crippen LogP contribution in [0.3, 0.4) is 0 Å². The van der Waals surface area contributed by atoms with E-state index in [1.54, 1.807) is 16.3 Å². The first-order valence-electron chi connectivity index (χ1n) is 12.3. The number of halogens is 1. The van der Waals surface area contributed by atoms with Crippen molar-refractivity contribution < 1.29 is 13.9 Å². The molecule has 1 saturated heterocycles. The zero-order valence-corrected chi connectivity index (χ0v) is 20.9. The van der Waals surface area contributed by atoms with Crippen LogP contribution in [-0.4, -0.2) is 66.1 Å². The van der Waals surface area contributed by atoms with Crippen LogP contribution < -0.4 is 10.1 Å². The number of aromatic nitrogens is 6. The smallest absolute Gasteiger partial charge is 0.316 e. The summed E-state index contributed by atoms with van der Waals surface area (Å²) in [5, 5.41) is 8.25. The monoisotopic (exact) mass is 502 g/mol. The zero-order valence-electron chi connectivity index (χ0n) is 20.9. The van der Waals surface area contributed by atoms with Crippen molar-refractivity contribution >= 4 is 17.4 Å². The van der Waals surface area contributed by atoms with Crippen LogP contribution in [0.2, 0.25) is 0 Å². The van der Waals surface area contributed by atoms with E-state index in [0.717, 1.165) is 53.7 Å². The maximum atomic E-state index is 14.4. The number of nitrogens with zero attached hydrogens (tertiary/aromatic N) is 7. The SMILES string of the molecule is COc1ncc(F)c(C(C)C(=O)N2CC[C@@]3(CCc4cc(-c5nc6ccccn6n5)c(C)nc4N3)C2)n1. The average Bonchev–Trinajstić information content (AvgIpc) is 3.52. The molecule has 1 N–H and O–H groups in total. The first-order valence-corrected chi connectivity index (χ1v) is 12.3. The number of methoxy groups -OCH3 is 1. The fourth-order valence-corrected chi connectivity index (χ4v) is 5.33. The number of carbonyl (C=O) groups is 1. The molecule has 37 heavy (non-hydrogen) atoms. The molecule has 4 aromatic heterocycles. The molecule has 2 atom stereocenters. The van der Waals surface area contributed by atoms with Gasteiger partial charge in [-0.2, -0.15) is 4.98 Å². The topological polar surface area (TPSA) is 110 Å². The van der Waals surface area contributed by atoms with Crippen molar-refractivity contribution in [1.29, 1.82) is 0 Å². The van der Waals surface area contributed by atoms with E-state index in [2.05, 4.69) is 31.4 Å². The maximum Gasteiger partial charge on any atom is 0.316 e. The fraction of sp³-hybridized carbons (Fsp3) is 0.385. The van der Waals surface area contributed by atoms with Gasteiger partial charge in [0.2, 0.25) is 5.91 Å². The number of amides is 1. The van der Waals surface area contributed by atoms with Gasteiger partial charge in [-0.05, 0) is 56.9 Å². The number of anilines is 1. The minimum Gasteiger partial charge on any atom is -0.467 e. The highest BCUT2D eigenvalue weighted by Gasteiger charge is 2.43. The van der Waals surface area contributed by atoms with E-state index in [9.17, 15) is 9.18 Å². The molecule has 6 rings (SSSR count). The number of rotatable bonds is 4. The molecule has 1 amide bonds. The Hall–Kier alpha value is -4.15. The summed E-state index contributed by atoms with van der Waals surface area (Å²) < 4.78 is 21.2. The van der Waals surface area contributed by atoms with E-state index in [-0.39, 0.29) is 23.2 Å². The fourth-order valence-electron chi connectivity index (χ4n) is 5.33. The Bertz CT molecular complexity index is 1490. The highest BCUT2D eigenvalue weighted by atomic mass is 19.1. The second-order valence-electron chi connectivity index (χ2n) is 9.79. The van der Waals surface area contributed by atoms with Crippen LogP contribution in [0.15, 0.2) is 36.7 Å². The number of carbonyl (C=O) groups excluding carboxylic acids is 1. The van der Waals surface area contributed by atoms with Crippen molar-refractivity contribution in [3.63, 3.8) is 0 Å². The Morgan fingerprint density at radius 1 is 1.24 bits per heavy atom. The normalized spacial score (nSPS) is 19.6. The molecule has 1 spiro atoms. The van der Waals surface area contributed by atoms with Gasteiger partial charge in [0.05, 0.1) is 36.2 Å². The lowest BCUT2D eigenvalue weighted by Gasteiger charge is -2.36. The van der Waals surface area contributed by atoms with E-state index in [1.807, 2.05) is 31.3 Å². The number of aryl methyl sites for hydroxylation is 2. The first-order chi connectivity index (χ1) is 17.9. The van der Waals surface area contributed by atoms with Crippen LogP contribution in [0.5, 0.6) is 6.01 Å². The molecule has 0 saturated carbocycles. The Morgan fingerprint density at radius 2 is 2.11 bits per heavy atom. The summed E-state index contributed by atoms with van der Waals surface area (Å²) in [6.45, 7) is 4.73. The van der Waals surface area contributed by atoms with E-state index in [0.29, 0.717) is 18.9 Å². The van der Waals surface area contributed by atoms with E-state index < -0.39 is 11.7 Å². The van der Waals surface area contributed by atoms with Gasteiger partial charge in [0, 0.05) is 24.8 Å². The third-order valence-corrected chi connectivity index (χ3v) is 7.41. The molecule has 1 fully saturated rings. The van der Waals surface area contributed by atoms with Crippen LogP contribution in [0.4, 0.5) is 10.2 Å². The number of hydrogen-bond acceptors (Lipinski definition) is 8. The number of pyridine rings is 2. The van der Waals surface area contributed by atoms with Crippen molar-refractivity contribution in [1.82, 2.24) is 34.4 Å². The number of ether oxygens (including phenoxy) is 1. The molecule has 10 nitrogen and oxygen atoms in total. The Labute approximate surface area is 212 Å². The lowest BCUT2D eigenvalue weighted by molar-refractivity contribution is -0.131. The standard InChI is InChI=1S/C26H27FN8O2/c1-15(21-19(27)13-28-25(31-21)37-3)24(36)34-11-9-26(14-34)8-7-17-12-18(16(2)29-22(17)32-26)23-30-20-6-4-5-10-35(20)33-23/h4-6,10,12-13,15H,7-9,11,14H2,1-3H3,(H,29,32)/t15?,26-/m0/s1. The Balaban J connectivity index is 1.21. The predicted octanol–water partition coefficient (Wildman–Crippen LogP) is 3.17. The lowest BCUT2D eigenvalue weighted by atomic mass is 9.86. The molecule has 0 radical (unpaired) electrons. The highest BCUT2D eigenvalue weighted by Crippen LogP contribution is 2.38. The second-order valence-corrected chi connectivity index (χ2v) is 9.79. The minimum atomic E-state index is -0.746. The third-order valence-electron chi connectivity index (χ3n) is 7.41. The molecule has 1 unspecified atom stereocenters. The predicted molar refractivity (Wildman–Crippen MR) is 134 cm³/mol. The lowest BCUT2D eigenvalue weighted by Crippen LogP contribution is -2.46. The summed E-state index contributed by atoms with van der Waals surface area (Å²) in [5.74, 6) is -0.0362. The minimum absolute atomic E-state index is 0.0409. The van der Waals surface area contributed by atoms with E-state index >= 15 is 0 Å². The molecule has 190 valence electrons. The van der Waals surface area contributed by atoms with Gasteiger partial charge in [-0.15, -0.1) is 5.10 Å². The average molecular weight is 503 g/mol. The molecule has 2 aliphatic heterocycles. The number of fused-ring (bicyclic) bond motifs is 2. The van der Waals surface area contributed by atoms with Crippen LogP contribution in [0, 0.1) is 12.7 Å². The Morgan fingerprint density at radius 3 is 2.92 bits per heavy atom. The number of nitrogens with one attached hydrogen (secondary N) is 1. The van der Waals surface area contributed by atoms with Crippen molar-refractivity contribution in [2.24, 2.45) is 0 Å². The summed E-state index contributed by atoms with van der Waals surface area (Å²) in [4.78, 5) is 32.5. The molecule has 11 heteroatoms. The maximum absolute atomic E-state index is 14.4. The molecular weight excluding hydrogens is 475 g/mol. The van der Waals surface area contributed by atoms with Gasteiger partial charge in [0.25, 0.3) is 0 Å². The van der Waals surface area contributed by atoms with Crippen molar-refractivity contribution in [2.45, 2.75) is 44.6 Å². The van der Waals surface area contributed by atoms with Gasteiger partial charge < -0.3 is 15.0 Å². The van der Waals surface area contributed by atoms with Crippen LogP contribution in [-0.2, 0) is 11.2 Å². The first kappa shape index (κ1) is 23.3. The summed E-state index contributed by atoms with van der Waals surface area (Å²) in [6.07, 6.45) is 5.39. The van der Waals surface area contributed by atoms with Gasteiger partial charge in [0.1, 0.15) is 5.82 Å². The highest BCUT2D eigenvalue weighted by molar-refractivity contribution is 5.83. The van der Waals surface area contributed by atoms with Gasteiger partial charge in [-0.1, -0.05) is 6.07 Å². The number of hydrogen-bond donors (Lipinski definition) is 1. The summed E-state index contributed by atoms with van der Waals surface area (Å²) >= 11 is 0. The van der Waals surface area contributed by atoms with Crippen molar-refractivity contribution in [3.8, 4) is 17.4 Å². The molecular formula is C26H27FN8O2. The van der Waals surface area contributed by atoms with Gasteiger partial charge in [-0.25, -0.2) is 23.9 Å². The van der Waals surface area contributed by atoms with Gasteiger partial charge in [0.15, 0.2) is 17.3 Å². The molecule has 0 bridgehead atoms. The van der Waals surface area contributed by atoms with E-state index in [4.69, 9.17) is 9.72 Å². The van der Waals surface area contributed by atoms with Crippen LogP contribution in [0.1, 0.15) is 42.6 Å². The van der Waals surface area contributed by atoms with Gasteiger partial charge >= 0.3 is 6.01 Å². The summed E-state index contributed by atoms with van der Waals surface area (Å²) in [5.41, 5.74) is 3.43. The Kier molecular flexibility index (Phi) is 5.50. The van der Waals surface area contributed by atoms with Crippen LogP contribution >= 0.6 is 0 Å². The molecule has 4 aromatic rings. The molecule has 0 aliphatic carbocycles. The quantitative estimate of drug-likeness (QED) is 0.453. The largest absolute Gasteiger partial charge is 0.467 e. The second kappa shape index (κ2) is 8.75. The van der Waals surface area contributed by atoms with E-state index in [1.165, 1.54) is 7.11 Å². The number of likely N-dealkylation sites (tertiary alicyclic amines) is 1. The molecule has 2 aliphatic rings. The summed E-state index contributed by atoms with van der Waals surface area (Å²) in [7, 11) is 1.41.